The molecule has 4 aromatic rings. The van der Waals surface area contributed by atoms with Gasteiger partial charge in [0.15, 0.2) is 0 Å². The van der Waals surface area contributed by atoms with Gasteiger partial charge in [0.05, 0.1) is 0 Å². The molecule has 0 radical (unpaired) electrons. The van der Waals surface area contributed by atoms with E-state index in [4.69, 9.17) is 14.2 Å². The zero-order valence-corrected chi connectivity index (χ0v) is 21.7. The second-order valence-electron chi connectivity index (χ2n) is 7.61. The molecule has 0 N–H and O–H groups in total. The van der Waals surface area contributed by atoms with Gasteiger partial charge >= 0.3 is 189 Å². The number of ether oxygens (including phenoxy) is 3. The minimum atomic E-state index is -1.51. The van der Waals surface area contributed by atoms with Crippen LogP contribution in [0.15, 0.2) is 107 Å². The van der Waals surface area contributed by atoms with Crippen molar-refractivity contribution in [1.82, 2.24) is 0 Å². The number of benzene rings is 4. The summed E-state index contributed by atoms with van der Waals surface area (Å²) in [5.41, 5.74) is 1.85. The Balaban J connectivity index is 1.49. The van der Waals surface area contributed by atoms with Gasteiger partial charge in [0.25, 0.3) is 0 Å². The summed E-state index contributed by atoms with van der Waals surface area (Å²) >= 11 is 0.227. The Morgan fingerprint density at radius 2 is 1.27 bits per heavy atom. The molecule has 0 aromatic heterocycles. The van der Waals surface area contributed by atoms with Crippen LogP contribution in [0.25, 0.3) is 0 Å². The van der Waals surface area contributed by atoms with E-state index < -0.39 is 25.6 Å². The van der Waals surface area contributed by atoms with Crippen molar-refractivity contribution in [2.75, 3.05) is 19.2 Å². The normalized spacial score (nSPS) is 13.7. The number of hydrogen-bond acceptors (Lipinski definition) is 4. The molecule has 1 aliphatic heterocycles. The molecule has 0 fully saturated rings. The van der Waals surface area contributed by atoms with Gasteiger partial charge in [-0.2, -0.15) is 0 Å². The first-order chi connectivity index (χ1) is 16.1. The molecule has 0 saturated carbocycles. The van der Waals surface area contributed by atoms with Crippen LogP contribution in [0.5, 0.6) is 11.5 Å². The topological polar surface area (TPSA) is 27.7 Å². The van der Waals surface area contributed by atoms with E-state index in [0.29, 0.717) is 0 Å². The van der Waals surface area contributed by atoms with Crippen molar-refractivity contribution < 1.29 is 14.2 Å². The average molecular weight is 568 g/mol. The molecule has 0 saturated heterocycles. The summed E-state index contributed by atoms with van der Waals surface area (Å²) in [6, 6.07) is 33.5. The van der Waals surface area contributed by atoms with Crippen LogP contribution in [0.4, 0.5) is 0 Å². The predicted octanol–water partition coefficient (Wildman–Crippen LogP) is 7.61. The van der Waals surface area contributed by atoms with Crippen LogP contribution in [-0.2, 0) is 15.3 Å². The van der Waals surface area contributed by atoms with Crippen LogP contribution in [0, 0.1) is 7.14 Å². The Morgan fingerprint density at radius 3 is 2.00 bits per heavy atom. The third-order valence-corrected chi connectivity index (χ3v) is 12.1. The third kappa shape index (κ3) is 4.19. The van der Waals surface area contributed by atoms with E-state index in [9.17, 15) is 0 Å². The molecule has 3 nitrogen and oxygen atoms in total. The van der Waals surface area contributed by atoms with Crippen molar-refractivity contribution in [2.24, 2.45) is 0 Å². The van der Waals surface area contributed by atoms with Gasteiger partial charge in [-0.15, -0.1) is 0 Å². The molecular weight excluding hydrogens is 543 g/mol. The van der Waals surface area contributed by atoms with Crippen molar-refractivity contribution in [3.63, 3.8) is 0 Å². The fourth-order valence-electron chi connectivity index (χ4n) is 4.10. The Bertz CT molecular complexity index is 1250. The van der Waals surface area contributed by atoms with E-state index >= 15 is 0 Å². The molecule has 0 aliphatic carbocycles. The summed E-state index contributed by atoms with van der Waals surface area (Å²) in [4.78, 5) is 4.74. The maximum absolute atomic E-state index is 6.32. The zero-order chi connectivity index (χ0) is 22.8. The second kappa shape index (κ2) is 9.50. The molecule has 0 unspecified atom stereocenters. The molecule has 1 aliphatic rings. The quantitative estimate of drug-likeness (QED) is 0.136. The van der Waals surface area contributed by atoms with E-state index in [1.165, 1.54) is 12.0 Å². The Hall–Kier alpha value is -2.32. The van der Waals surface area contributed by atoms with Crippen LogP contribution >= 0.6 is 31.6 Å². The second-order valence-corrected chi connectivity index (χ2v) is 13.8. The first-order valence-corrected chi connectivity index (χ1v) is 15.7. The molecular formula is C28H25IO3S. The summed E-state index contributed by atoms with van der Waals surface area (Å²) < 4.78 is 21.1. The fraction of sp³-hybridized carbons (Fsp3) is 0.143. The Labute approximate surface area is 206 Å². The number of halogens is 1. The van der Waals surface area contributed by atoms with E-state index in [0.717, 1.165) is 27.5 Å². The standard InChI is InChI=1S/C28H25IO3S/c1-29-24-11-7-8-12-26(24)32-27-19-21(15-18-25(27)29)28(30-2,31-3)20-13-16-23(17-14-20)33-22-9-5-4-6-10-22/h4-19H,1-3H3. The first kappa shape index (κ1) is 22.5. The summed E-state index contributed by atoms with van der Waals surface area (Å²) in [6.07, 6.45) is 0. The Morgan fingerprint density at radius 1 is 0.667 bits per heavy atom. The molecule has 0 atom stereocenters. The van der Waals surface area contributed by atoms with Crippen LogP contribution in [0.2, 0.25) is 0 Å². The van der Waals surface area contributed by atoms with E-state index in [1.807, 2.05) is 12.1 Å². The van der Waals surface area contributed by atoms with Crippen molar-refractivity contribution in [3.8, 4) is 11.5 Å². The monoisotopic (exact) mass is 568 g/mol. The number of rotatable bonds is 6. The number of alkyl halides is 1. The van der Waals surface area contributed by atoms with Gasteiger partial charge in [0, 0.05) is 0 Å². The van der Waals surface area contributed by atoms with Crippen molar-refractivity contribution in [2.45, 2.75) is 15.6 Å². The summed E-state index contributed by atoms with van der Waals surface area (Å²) in [6.45, 7) is 0. The van der Waals surface area contributed by atoms with Crippen LogP contribution in [-0.4, -0.2) is 19.2 Å². The number of methoxy groups -OCH3 is 2. The van der Waals surface area contributed by atoms with Gasteiger partial charge in [-0.05, 0) is 0 Å². The molecule has 0 spiro atoms. The fourth-order valence-corrected chi connectivity index (χ4v) is 9.18. The van der Waals surface area contributed by atoms with Crippen LogP contribution < -0.4 is 4.74 Å². The van der Waals surface area contributed by atoms with Crippen LogP contribution in [0.1, 0.15) is 11.1 Å². The number of hydrogen-bond donors (Lipinski definition) is 0. The molecule has 4 aromatic carbocycles. The van der Waals surface area contributed by atoms with Crippen LogP contribution in [0.3, 0.4) is 0 Å². The minimum absolute atomic E-state index is 0.911. The molecule has 168 valence electrons. The molecule has 5 rings (SSSR count). The molecule has 33 heavy (non-hydrogen) atoms. The van der Waals surface area contributed by atoms with Crippen molar-refractivity contribution in [3.05, 3.63) is 115 Å². The van der Waals surface area contributed by atoms with Gasteiger partial charge in [-0.1, -0.05) is 18.2 Å². The van der Waals surface area contributed by atoms with Crippen molar-refractivity contribution in [1.29, 1.82) is 0 Å². The van der Waals surface area contributed by atoms with Gasteiger partial charge in [0.2, 0.25) is 0 Å². The number of para-hydroxylation sites is 1. The molecule has 0 amide bonds. The van der Waals surface area contributed by atoms with E-state index in [-0.39, 0.29) is 0 Å². The zero-order valence-electron chi connectivity index (χ0n) is 18.7. The molecule has 1 heterocycles. The van der Waals surface area contributed by atoms with E-state index in [1.54, 1.807) is 26.0 Å². The van der Waals surface area contributed by atoms with Crippen molar-refractivity contribution >= 4 is 31.6 Å². The predicted molar refractivity (Wildman–Crippen MR) is 142 cm³/mol. The van der Waals surface area contributed by atoms with E-state index in [2.05, 4.69) is 89.9 Å². The third-order valence-electron chi connectivity index (χ3n) is 5.77. The average Bonchev–Trinajstić information content (AvgIpc) is 2.87. The van der Waals surface area contributed by atoms with Gasteiger partial charge < -0.3 is 0 Å². The summed E-state index contributed by atoms with van der Waals surface area (Å²) in [5.74, 6) is 0.865. The summed E-state index contributed by atoms with van der Waals surface area (Å²) in [7, 11) is 3.37. The molecule has 5 heteroatoms. The SMILES string of the molecule is COC(OC)(c1ccc(Sc2ccccc2)cc1)c1ccc2c(c1)Oc1ccccc1I2C. The van der Waals surface area contributed by atoms with Gasteiger partial charge in [-0.3, -0.25) is 0 Å². The molecule has 0 bridgehead atoms. The van der Waals surface area contributed by atoms with Gasteiger partial charge in [0.1, 0.15) is 0 Å². The maximum atomic E-state index is 6.32. The number of fused-ring (bicyclic) bond motifs is 2. The van der Waals surface area contributed by atoms with Gasteiger partial charge in [-0.25, -0.2) is 0 Å². The summed E-state index contributed by atoms with van der Waals surface area (Å²) in [5, 5.41) is 0. The Kier molecular flexibility index (Phi) is 6.47. The first-order valence-electron chi connectivity index (χ1n) is 10.6.